The predicted molar refractivity (Wildman–Crippen MR) is 65.9 cm³/mol. The van der Waals surface area contributed by atoms with Crippen molar-refractivity contribution < 1.29 is 0 Å². The molecule has 1 aromatic heterocycles. The molecule has 0 fully saturated rings. The van der Waals surface area contributed by atoms with E-state index in [0.29, 0.717) is 11.5 Å². The summed E-state index contributed by atoms with van der Waals surface area (Å²) in [5.74, 6) is 0.573. The van der Waals surface area contributed by atoms with Crippen LogP contribution in [0.4, 0.5) is 0 Å². The summed E-state index contributed by atoms with van der Waals surface area (Å²) in [6, 6.07) is 0. The van der Waals surface area contributed by atoms with E-state index in [2.05, 4.69) is 45.6 Å². The number of hydrogen-bond donors (Lipinski definition) is 0. The lowest BCUT2D eigenvalue weighted by Gasteiger charge is -2.20. The zero-order valence-corrected chi connectivity index (χ0v) is 10.2. The third-order valence-corrected chi connectivity index (χ3v) is 2.36. The van der Waals surface area contributed by atoms with E-state index in [1.165, 1.54) is 0 Å². The van der Waals surface area contributed by atoms with Crippen LogP contribution in [0.1, 0.15) is 5.82 Å². The van der Waals surface area contributed by atoms with Gasteiger partial charge in [0.1, 0.15) is 0 Å². The summed E-state index contributed by atoms with van der Waals surface area (Å²) in [5, 5.41) is 0. The highest BCUT2D eigenvalue weighted by atomic mass is 79.9. The summed E-state index contributed by atoms with van der Waals surface area (Å²) in [6.45, 7) is 11.4. The van der Waals surface area contributed by atoms with Crippen molar-refractivity contribution in [1.82, 2.24) is 14.9 Å². The highest BCUT2D eigenvalue weighted by Crippen LogP contribution is 2.16. The van der Waals surface area contributed by atoms with Crippen molar-refractivity contribution in [3.8, 4) is 0 Å². The Morgan fingerprint density at radius 1 is 1.40 bits per heavy atom. The standard InChI is InChI=1S/C11H12BrN3/c1-5-8(2)15(4)9(3)11-13-6-10(12)7-14-11/h5-7H,1-3H2,4H3. The molecule has 0 bridgehead atoms. The van der Waals surface area contributed by atoms with Crippen molar-refractivity contribution in [3.63, 3.8) is 0 Å². The Hall–Kier alpha value is -1.42. The predicted octanol–water partition coefficient (Wildman–Crippen LogP) is 2.84. The topological polar surface area (TPSA) is 29.0 Å². The average molecular weight is 266 g/mol. The third kappa shape index (κ3) is 2.76. The third-order valence-electron chi connectivity index (χ3n) is 1.95. The van der Waals surface area contributed by atoms with E-state index >= 15 is 0 Å². The van der Waals surface area contributed by atoms with Crippen molar-refractivity contribution >= 4 is 21.6 Å². The van der Waals surface area contributed by atoms with Gasteiger partial charge in [0.2, 0.25) is 0 Å². The summed E-state index contributed by atoms with van der Waals surface area (Å²) in [4.78, 5) is 10.1. The van der Waals surface area contributed by atoms with Crippen LogP contribution in [0.3, 0.4) is 0 Å². The second-order valence-corrected chi connectivity index (χ2v) is 3.84. The minimum Gasteiger partial charge on any atom is -0.343 e. The molecule has 0 aliphatic heterocycles. The van der Waals surface area contributed by atoms with Gasteiger partial charge in [-0.1, -0.05) is 19.7 Å². The van der Waals surface area contributed by atoms with Gasteiger partial charge in [-0.3, -0.25) is 0 Å². The van der Waals surface area contributed by atoms with E-state index in [0.717, 1.165) is 10.2 Å². The molecular formula is C11H12BrN3. The monoisotopic (exact) mass is 265 g/mol. The molecule has 0 spiro atoms. The Kier molecular flexibility index (Phi) is 3.80. The van der Waals surface area contributed by atoms with Crippen LogP contribution in [0.2, 0.25) is 0 Å². The first-order chi connectivity index (χ1) is 7.06. The fraction of sp³-hybridized carbons (Fsp3) is 0.0909. The molecule has 0 radical (unpaired) electrons. The lowest BCUT2D eigenvalue weighted by Crippen LogP contribution is -2.15. The van der Waals surface area contributed by atoms with Gasteiger partial charge >= 0.3 is 0 Å². The molecule has 1 heterocycles. The maximum Gasteiger partial charge on any atom is 0.175 e. The molecular weight excluding hydrogens is 254 g/mol. The molecule has 3 nitrogen and oxygen atoms in total. The Labute approximate surface area is 98.0 Å². The minimum absolute atomic E-state index is 0.573. The van der Waals surface area contributed by atoms with Crippen LogP contribution >= 0.6 is 15.9 Å². The lowest BCUT2D eigenvalue weighted by molar-refractivity contribution is 0.614. The molecule has 0 atom stereocenters. The van der Waals surface area contributed by atoms with Gasteiger partial charge in [-0.25, -0.2) is 9.97 Å². The average Bonchev–Trinajstić information content (AvgIpc) is 2.27. The van der Waals surface area contributed by atoms with Gasteiger partial charge in [0.05, 0.1) is 10.2 Å². The SMILES string of the molecule is C=CC(=C)N(C)C(=C)c1ncc(Br)cn1. The minimum atomic E-state index is 0.573. The van der Waals surface area contributed by atoms with Gasteiger partial charge in [-0.2, -0.15) is 0 Å². The van der Waals surface area contributed by atoms with Gasteiger partial charge in [-0.05, 0) is 22.0 Å². The van der Waals surface area contributed by atoms with E-state index in [1.54, 1.807) is 23.4 Å². The number of allylic oxidation sites excluding steroid dienone is 1. The first-order valence-electron chi connectivity index (χ1n) is 4.28. The van der Waals surface area contributed by atoms with Crippen LogP contribution in [0.25, 0.3) is 5.70 Å². The quantitative estimate of drug-likeness (QED) is 0.785. The summed E-state index contributed by atoms with van der Waals surface area (Å²) < 4.78 is 0.837. The van der Waals surface area contributed by atoms with Gasteiger partial charge in [0.25, 0.3) is 0 Å². The van der Waals surface area contributed by atoms with E-state index in [4.69, 9.17) is 0 Å². The van der Waals surface area contributed by atoms with E-state index < -0.39 is 0 Å². The van der Waals surface area contributed by atoms with Crippen molar-refractivity contribution in [2.45, 2.75) is 0 Å². The van der Waals surface area contributed by atoms with E-state index in [-0.39, 0.29) is 0 Å². The fourth-order valence-electron chi connectivity index (χ4n) is 0.922. The van der Waals surface area contributed by atoms with Crippen molar-refractivity contribution in [2.24, 2.45) is 0 Å². The summed E-state index contributed by atoms with van der Waals surface area (Å²) in [6.07, 6.45) is 5.01. The molecule has 0 aliphatic rings. The van der Waals surface area contributed by atoms with Crippen molar-refractivity contribution in [2.75, 3.05) is 7.05 Å². The highest BCUT2D eigenvalue weighted by molar-refractivity contribution is 9.10. The molecule has 1 aromatic rings. The smallest absolute Gasteiger partial charge is 0.175 e. The molecule has 0 unspecified atom stereocenters. The molecule has 1 rings (SSSR count). The Morgan fingerprint density at radius 2 is 1.93 bits per heavy atom. The van der Waals surface area contributed by atoms with Crippen LogP contribution in [0, 0.1) is 0 Å². The second-order valence-electron chi connectivity index (χ2n) is 2.93. The normalized spacial score (nSPS) is 9.47. The van der Waals surface area contributed by atoms with Crippen LogP contribution in [0.15, 0.2) is 48.4 Å². The summed E-state index contributed by atoms with van der Waals surface area (Å²) in [5.41, 5.74) is 1.44. The van der Waals surface area contributed by atoms with Gasteiger partial charge in [-0.15, -0.1) is 0 Å². The highest BCUT2D eigenvalue weighted by Gasteiger charge is 2.08. The number of aromatic nitrogens is 2. The zero-order chi connectivity index (χ0) is 11.4. The molecule has 4 heteroatoms. The number of halogens is 1. The fourth-order valence-corrected chi connectivity index (χ4v) is 1.13. The Balaban J connectivity index is 2.89. The van der Waals surface area contributed by atoms with Gasteiger partial charge in [0.15, 0.2) is 5.82 Å². The molecule has 0 N–H and O–H groups in total. The zero-order valence-electron chi connectivity index (χ0n) is 8.57. The van der Waals surface area contributed by atoms with E-state index in [1.807, 2.05) is 7.05 Å². The van der Waals surface area contributed by atoms with E-state index in [9.17, 15) is 0 Å². The Bertz CT molecular complexity index is 395. The molecule has 0 saturated carbocycles. The van der Waals surface area contributed by atoms with Gasteiger partial charge in [0, 0.05) is 25.1 Å². The van der Waals surface area contributed by atoms with Crippen LogP contribution in [-0.4, -0.2) is 21.9 Å². The molecule has 0 amide bonds. The van der Waals surface area contributed by atoms with Crippen LogP contribution in [-0.2, 0) is 0 Å². The maximum absolute atomic E-state index is 4.14. The van der Waals surface area contributed by atoms with Gasteiger partial charge < -0.3 is 4.90 Å². The lowest BCUT2D eigenvalue weighted by atomic mass is 10.3. The summed E-state index contributed by atoms with van der Waals surface area (Å²) >= 11 is 3.27. The number of nitrogens with zero attached hydrogens (tertiary/aromatic N) is 3. The number of likely N-dealkylation sites (N-methyl/N-ethyl adjacent to an activating group) is 1. The molecule has 15 heavy (non-hydrogen) atoms. The van der Waals surface area contributed by atoms with Crippen LogP contribution < -0.4 is 0 Å². The van der Waals surface area contributed by atoms with Crippen molar-refractivity contribution in [1.29, 1.82) is 0 Å². The first kappa shape index (κ1) is 11.7. The second kappa shape index (κ2) is 4.89. The summed E-state index contributed by atoms with van der Waals surface area (Å²) in [7, 11) is 1.84. The largest absolute Gasteiger partial charge is 0.343 e. The van der Waals surface area contributed by atoms with Crippen molar-refractivity contribution in [3.05, 3.63) is 54.2 Å². The molecule has 0 aromatic carbocycles. The maximum atomic E-state index is 4.14. The molecule has 0 aliphatic carbocycles. The Morgan fingerprint density at radius 3 is 2.40 bits per heavy atom. The van der Waals surface area contributed by atoms with Crippen LogP contribution in [0.5, 0.6) is 0 Å². The molecule has 0 saturated heterocycles. The molecule has 78 valence electrons. The number of hydrogen-bond acceptors (Lipinski definition) is 3. The number of rotatable bonds is 4. The first-order valence-corrected chi connectivity index (χ1v) is 5.07.